The van der Waals surface area contributed by atoms with E-state index in [-0.39, 0.29) is 5.75 Å². The molecule has 0 amide bonds. The number of ether oxygens (including phenoxy) is 1. The van der Waals surface area contributed by atoms with Crippen molar-refractivity contribution in [3.8, 4) is 11.5 Å². The van der Waals surface area contributed by atoms with Crippen LogP contribution < -0.4 is 10.1 Å². The molecule has 0 aromatic heterocycles. The third-order valence-electron chi connectivity index (χ3n) is 3.51. The standard InChI is InChI=1S/C20H18N2O2/c1-24-19-12-5-7-15(20(19)23)14-21-17-10-6-11-18(13-17)22-16-8-3-2-4-9-16/h2-14,22-23H,1H3. The van der Waals surface area contributed by atoms with E-state index in [2.05, 4.69) is 10.3 Å². The van der Waals surface area contributed by atoms with Crippen LogP contribution in [0.1, 0.15) is 5.56 Å². The van der Waals surface area contributed by atoms with Gasteiger partial charge in [0, 0.05) is 23.2 Å². The number of anilines is 2. The van der Waals surface area contributed by atoms with Crippen molar-refractivity contribution in [3.05, 3.63) is 78.4 Å². The maximum Gasteiger partial charge on any atom is 0.166 e. The molecule has 3 aromatic carbocycles. The minimum atomic E-state index is 0.0855. The number of para-hydroxylation sites is 2. The Labute approximate surface area is 141 Å². The number of aromatic hydroxyl groups is 1. The summed E-state index contributed by atoms with van der Waals surface area (Å²) in [4.78, 5) is 4.43. The van der Waals surface area contributed by atoms with Crippen LogP contribution in [0.4, 0.5) is 17.1 Å². The molecule has 2 N–H and O–H groups in total. The largest absolute Gasteiger partial charge is 0.504 e. The molecule has 0 atom stereocenters. The normalized spacial score (nSPS) is 10.7. The smallest absolute Gasteiger partial charge is 0.166 e. The van der Waals surface area contributed by atoms with Gasteiger partial charge in [0.15, 0.2) is 11.5 Å². The lowest BCUT2D eigenvalue weighted by Gasteiger charge is -2.07. The summed E-state index contributed by atoms with van der Waals surface area (Å²) >= 11 is 0. The number of nitrogens with zero attached hydrogens (tertiary/aromatic N) is 1. The molecule has 120 valence electrons. The maximum absolute atomic E-state index is 10.1. The van der Waals surface area contributed by atoms with Crippen molar-refractivity contribution in [2.75, 3.05) is 12.4 Å². The van der Waals surface area contributed by atoms with Gasteiger partial charge in [-0.2, -0.15) is 0 Å². The van der Waals surface area contributed by atoms with Gasteiger partial charge in [-0.1, -0.05) is 30.3 Å². The van der Waals surface area contributed by atoms with Crippen molar-refractivity contribution in [2.45, 2.75) is 0 Å². The highest BCUT2D eigenvalue weighted by molar-refractivity contribution is 5.86. The number of hydrogen-bond donors (Lipinski definition) is 2. The lowest BCUT2D eigenvalue weighted by molar-refractivity contribution is 0.373. The Balaban J connectivity index is 1.80. The molecular formula is C20H18N2O2. The number of benzene rings is 3. The van der Waals surface area contributed by atoms with Crippen LogP contribution in [0, 0.1) is 0 Å². The number of phenolic OH excluding ortho intramolecular Hbond substituents is 1. The van der Waals surface area contributed by atoms with E-state index in [4.69, 9.17) is 4.74 Å². The molecule has 24 heavy (non-hydrogen) atoms. The van der Waals surface area contributed by atoms with E-state index in [0.29, 0.717) is 11.3 Å². The van der Waals surface area contributed by atoms with E-state index < -0.39 is 0 Å². The topological polar surface area (TPSA) is 53.8 Å². The lowest BCUT2D eigenvalue weighted by atomic mass is 10.2. The summed E-state index contributed by atoms with van der Waals surface area (Å²) in [5.74, 6) is 0.515. The van der Waals surface area contributed by atoms with Crippen LogP contribution in [0.25, 0.3) is 0 Å². The van der Waals surface area contributed by atoms with Crippen LogP contribution in [-0.4, -0.2) is 18.4 Å². The molecular weight excluding hydrogens is 300 g/mol. The second kappa shape index (κ2) is 7.33. The number of aliphatic imine (C=N–C) groups is 1. The Kier molecular flexibility index (Phi) is 4.77. The van der Waals surface area contributed by atoms with E-state index in [9.17, 15) is 5.11 Å². The minimum Gasteiger partial charge on any atom is -0.504 e. The zero-order valence-corrected chi connectivity index (χ0v) is 13.3. The Bertz CT molecular complexity index is 845. The number of hydrogen-bond acceptors (Lipinski definition) is 4. The molecule has 0 aliphatic heterocycles. The first-order valence-electron chi connectivity index (χ1n) is 7.58. The number of phenols is 1. The highest BCUT2D eigenvalue weighted by Crippen LogP contribution is 2.29. The van der Waals surface area contributed by atoms with Crippen molar-refractivity contribution >= 4 is 23.3 Å². The van der Waals surface area contributed by atoms with Crippen LogP contribution >= 0.6 is 0 Å². The van der Waals surface area contributed by atoms with Crippen molar-refractivity contribution < 1.29 is 9.84 Å². The fraction of sp³-hybridized carbons (Fsp3) is 0.0500. The number of rotatable bonds is 5. The zero-order valence-electron chi connectivity index (χ0n) is 13.3. The summed E-state index contributed by atoms with van der Waals surface area (Å²) in [5, 5.41) is 13.4. The van der Waals surface area contributed by atoms with Crippen LogP contribution in [0.5, 0.6) is 11.5 Å². The fourth-order valence-electron chi connectivity index (χ4n) is 2.30. The second-order valence-corrected chi connectivity index (χ2v) is 5.20. The first-order chi connectivity index (χ1) is 11.8. The molecule has 0 saturated carbocycles. The molecule has 0 spiro atoms. The minimum absolute atomic E-state index is 0.0855. The van der Waals surface area contributed by atoms with E-state index in [1.165, 1.54) is 7.11 Å². The molecule has 0 saturated heterocycles. The van der Waals surface area contributed by atoms with Gasteiger partial charge >= 0.3 is 0 Å². The average Bonchev–Trinajstić information content (AvgIpc) is 2.62. The van der Waals surface area contributed by atoms with Crippen molar-refractivity contribution in [1.29, 1.82) is 0 Å². The summed E-state index contributed by atoms with van der Waals surface area (Å²) in [7, 11) is 1.52. The summed E-state index contributed by atoms with van der Waals surface area (Å²) < 4.78 is 5.10. The van der Waals surface area contributed by atoms with Gasteiger partial charge in [0.25, 0.3) is 0 Å². The molecule has 0 bridgehead atoms. The molecule has 3 aromatic rings. The second-order valence-electron chi connectivity index (χ2n) is 5.20. The van der Waals surface area contributed by atoms with Gasteiger partial charge in [0.2, 0.25) is 0 Å². The van der Waals surface area contributed by atoms with Gasteiger partial charge in [0.1, 0.15) is 0 Å². The highest BCUT2D eigenvalue weighted by Gasteiger charge is 2.04. The van der Waals surface area contributed by atoms with Crippen molar-refractivity contribution in [3.63, 3.8) is 0 Å². The maximum atomic E-state index is 10.1. The average molecular weight is 318 g/mol. The van der Waals surface area contributed by atoms with Crippen LogP contribution in [-0.2, 0) is 0 Å². The first-order valence-corrected chi connectivity index (χ1v) is 7.58. The van der Waals surface area contributed by atoms with Gasteiger partial charge < -0.3 is 15.2 Å². The SMILES string of the molecule is COc1cccc(C=Nc2cccc(Nc3ccccc3)c2)c1O. The summed E-state index contributed by atoms with van der Waals surface area (Å²) in [6.07, 6.45) is 1.62. The van der Waals surface area contributed by atoms with E-state index in [0.717, 1.165) is 17.1 Å². The lowest BCUT2D eigenvalue weighted by Crippen LogP contribution is -1.89. The molecule has 4 heteroatoms. The molecule has 4 nitrogen and oxygen atoms in total. The first kappa shape index (κ1) is 15.6. The Morgan fingerprint density at radius 3 is 2.46 bits per heavy atom. The number of nitrogens with one attached hydrogen (secondary N) is 1. The van der Waals surface area contributed by atoms with E-state index >= 15 is 0 Å². The van der Waals surface area contributed by atoms with Crippen LogP contribution in [0.3, 0.4) is 0 Å². The summed E-state index contributed by atoms with van der Waals surface area (Å²) in [5.41, 5.74) is 3.36. The van der Waals surface area contributed by atoms with Gasteiger partial charge in [0.05, 0.1) is 12.8 Å². The quantitative estimate of drug-likeness (QED) is 0.658. The molecule has 0 radical (unpaired) electrons. The van der Waals surface area contributed by atoms with E-state index in [1.54, 1.807) is 18.3 Å². The van der Waals surface area contributed by atoms with Gasteiger partial charge in [-0.25, -0.2) is 0 Å². The predicted octanol–water partition coefficient (Wildman–Crippen LogP) is 4.90. The third kappa shape index (κ3) is 3.73. The Morgan fingerprint density at radius 2 is 1.67 bits per heavy atom. The summed E-state index contributed by atoms with van der Waals surface area (Å²) in [6.45, 7) is 0. The third-order valence-corrected chi connectivity index (χ3v) is 3.51. The molecule has 0 aliphatic rings. The molecule has 0 unspecified atom stereocenters. The molecule has 0 fully saturated rings. The predicted molar refractivity (Wildman–Crippen MR) is 98.1 cm³/mol. The molecule has 0 heterocycles. The van der Waals surface area contributed by atoms with Crippen molar-refractivity contribution in [2.24, 2.45) is 4.99 Å². The van der Waals surface area contributed by atoms with Gasteiger partial charge in [-0.05, 0) is 42.5 Å². The van der Waals surface area contributed by atoms with Gasteiger partial charge in [-0.3, -0.25) is 4.99 Å². The molecule has 0 aliphatic carbocycles. The van der Waals surface area contributed by atoms with Crippen LogP contribution in [0.15, 0.2) is 77.8 Å². The van der Waals surface area contributed by atoms with Crippen molar-refractivity contribution in [1.82, 2.24) is 0 Å². The van der Waals surface area contributed by atoms with Crippen LogP contribution in [0.2, 0.25) is 0 Å². The zero-order chi connectivity index (χ0) is 16.8. The Morgan fingerprint density at radius 1 is 0.917 bits per heavy atom. The highest BCUT2D eigenvalue weighted by atomic mass is 16.5. The van der Waals surface area contributed by atoms with E-state index in [1.807, 2.05) is 60.7 Å². The fourth-order valence-corrected chi connectivity index (χ4v) is 2.30. The summed E-state index contributed by atoms with van der Waals surface area (Å²) in [6, 6.07) is 23.0. The Hall–Kier alpha value is -3.27. The molecule has 3 rings (SSSR count). The van der Waals surface area contributed by atoms with Gasteiger partial charge in [-0.15, -0.1) is 0 Å². The number of methoxy groups -OCH3 is 1. The monoisotopic (exact) mass is 318 g/mol.